The summed E-state index contributed by atoms with van der Waals surface area (Å²) in [6.45, 7) is 3.41. The van der Waals surface area contributed by atoms with Crippen molar-refractivity contribution in [2.45, 2.75) is 0 Å². The molecule has 0 atom stereocenters. The maximum absolute atomic E-state index is 5.81. The Kier molecular flexibility index (Phi) is 3.26. The number of terminal acetylenes is 1. The van der Waals surface area contributed by atoms with E-state index < -0.39 is 0 Å². The molecule has 7 N–H and O–H groups in total. The van der Waals surface area contributed by atoms with Crippen LogP contribution in [-0.2, 0) is 0 Å². The van der Waals surface area contributed by atoms with Crippen molar-refractivity contribution in [2.24, 2.45) is 4.99 Å². The molecule has 1 aromatic rings. The van der Waals surface area contributed by atoms with Crippen molar-refractivity contribution in [3.8, 4) is 12.5 Å². The van der Waals surface area contributed by atoms with E-state index in [0.717, 1.165) is 0 Å². The number of hydrogen-bond donors (Lipinski definition) is 4. The fourth-order valence-electron chi connectivity index (χ4n) is 1.13. The first-order valence-corrected chi connectivity index (χ1v) is 4.96. The van der Waals surface area contributed by atoms with Crippen LogP contribution in [0, 0.1) is 16.0 Å². The van der Waals surface area contributed by atoms with E-state index in [-0.39, 0.29) is 0 Å². The molecule has 1 rings (SSSR count). The number of nitrogens with two attached hydrogens (primary N) is 3. The quantitative estimate of drug-likeness (QED) is 0.218. The summed E-state index contributed by atoms with van der Waals surface area (Å²) in [5, 5.41) is 2.61. The van der Waals surface area contributed by atoms with E-state index >= 15 is 0 Å². The van der Waals surface area contributed by atoms with Crippen LogP contribution in [0.3, 0.4) is 0 Å². The molecule has 0 fully saturated rings. The van der Waals surface area contributed by atoms with Gasteiger partial charge in [0.05, 0.1) is 26.3 Å². The topological polar surface area (TPSA) is 102 Å². The summed E-state index contributed by atoms with van der Waals surface area (Å²) in [6, 6.07) is 2.24. The molecule has 6 heteroatoms. The Morgan fingerprint density at radius 1 is 1.27 bits per heavy atom. The van der Waals surface area contributed by atoms with Crippen molar-refractivity contribution in [2.75, 3.05) is 22.5 Å². The van der Waals surface area contributed by atoms with Gasteiger partial charge in [-0.05, 0) is 29.3 Å². The fraction of sp³-hybridized carbons (Fsp3) is 0. The first-order chi connectivity index (χ1) is 7.04. The minimum absolute atomic E-state index is 0.328. The second kappa shape index (κ2) is 4.27. The molecule has 0 saturated heterocycles. The normalized spacial score (nSPS) is 9.33. The van der Waals surface area contributed by atoms with Gasteiger partial charge in [-0.25, -0.2) is 0 Å². The zero-order valence-electron chi connectivity index (χ0n) is 7.84. The number of nitrogen functional groups attached to an aromatic ring is 3. The molecular weight excluding hydrogens is 305 g/mol. The Hall–Kier alpha value is -1.62. The van der Waals surface area contributed by atoms with Crippen molar-refractivity contribution in [3.63, 3.8) is 0 Å². The van der Waals surface area contributed by atoms with Crippen molar-refractivity contribution < 1.29 is 0 Å². The lowest BCUT2D eigenvalue weighted by atomic mass is 10.1. The summed E-state index contributed by atoms with van der Waals surface area (Å²) in [5.74, 6) is 0. The number of rotatable bonds is 2. The van der Waals surface area contributed by atoms with E-state index in [2.05, 4.69) is 23.1 Å². The second-order valence-corrected chi connectivity index (χ2v) is 3.78. The van der Waals surface area contributed by atoms with Crippen LogP contribution in [0.1, 0.15) is 0 Å². The minimum Gasteiger partial charge on any atom is -0.396 e. The molecule has 1 aromatic carbocycles. The third kappa shape index (κ3) is 1.78. The molecule has 78 valence electrons. The molecule has 5 nitrogen and oxygen atoms in total. The molecule has 0 amide bonds. The van der Waals surface area contributed by atoms with Crippen molar-refractivity contribution in [3.05, 3.63) is 3.57 Å². The van der Waals surface area contributed by atoms with Crippen LogP contribution in [0.5, 0.6) is 0 Å². The maximum atomic E-state index is 5.81. The molecule has 0 unspecified atom stereocenters. The lowest BCUT2D eigenvalue weighted by Gasteiger charge is -2.14. The number of anilines is 4. The second-order valence-electron chi connectivity index (χ2n) is 2.71. The van der Waals surface area contributed by atoms with Crippen LogP contribution in [0.2, 0.25) is 0 Å². The highest BCUT2D eigenvalue weighted by Crippen LogP contribution is 2.43. The average Bonchev–Trinajstić information content (AvgIpc) is 2.24. The average molecular weight is 315 g/mol. The summed E-state index contributed by atoms with van der Waals surface area (Å²) in [6.07, 6.45) is 5.13. The van der Waals surface area contributed by atoms with E-state index in [9.17, 15) is 0 Å². The van der Waals surface area contributed by atoms with E-state index in [1.807, 2.05) is 22.6 Å². The standard InChI is InChI=1S/C9H10IN5/c1-3-15-9-7(13)5(11)4(10)6(12)8(9)14-2/h1,15H,2,11-13H2. The van der Waals surface area contributed by atoms with Crippen molar-refractivity contribution in [1.29, 1.82) is 0 Å². The summed E-state index contributed by atoms with van der Waals surface area (Å²) in [4.78, 5) is 3.78. The summed E-state index contributed by atoms with van der Waals surface area (Å²) < 4.78 is 0.648. The van der Waals surface area contributed by atoms with Gasteiger partial charge in [-0.2, -0.15) is 0 Å². The maximum Gasteiger partial charge on any atom is 0.113 e. The fourth-order valence-corrected chi connectivity index (χ4v) is 1.67. The monoisotopic (exact) mass is 315 g/mol. The Morgan fingerprint density at radius 2 is 1.87 bits per heavy atom. The van der Waals surface area contributed by atoms with Crippen LogP contribution in [0.4, 0.5) is 28.4 Å². The Morgan fingerprint density at radius 3 is 2.33 bits per heavy atom. The zero-order valence-corrected chi connectivity index (χ0v) is 10.00. The molecule has 0 aromatic heterocycles. The lowest BCUT2D eigenvalue weighted by molar-refractivity contribution is 1.49. The van der Waals surface area contributed by atoms with E-state index in [0.29, 0.717) is 32.0 Å². The van der Waals surface area contributed by atoms with Gasteiger partial charge in [0.25, 0.3) is 0 Å². The third-order valence-electron chi connectivity index (χ3n) is 1.88. The molecule has 0 radical (unpaired) electrons. The number of halogens is 1. The van der Waals surface area contributed by atoms with Gasteiger partial charge in [-0.1, -0.05) is 6.42 Å². The highest BCUT2D eigenvalue weighted by Gasteiger charge is 2.16. The molecule has 0 spiro atoms. The van der Waals surface area contributed by atoms with Crippen molar-refractivity contribution in [1.82, 2.24) is 0 Å². The number of hydrogen-bond acceptors (Lipinski definition) is 5. The molecular formula is C9H10IN5. The smallest absolute Gasteiger partial charge is 0.113 e. The minimum atomic E-state index is 0.328. The lowest BCUT2D eigenvalue weighted by Crippen LogP contribution is -2.06. The highest BCUT2D eigenvalue weighted by molar-refractivity contribution is 14.1. The summed E-state index contributed by atoms with van der Waals surface area (Å²) >= 11 is 1.99. The number of nitrogens with zero attached hydrogens (tertiary/aromatic N) is 1. The number of aliphatic imine (C=N–C) groups is 1. The Balaban J connectivity index is 3.63. The van der Waals surface area contributed by atoms with Crippen LogP contribution >= 0.6 is 22.6 Å². The van der Waals surface area contributed by atoms with Gasteiger partial charge in [-0.3, -0.25) is 4.99 Å². The van der Waals surface area contributed by atoms with Gasteiger partial charge in [0.15, 0.2) is 0 Å². The van der Waals surface area contributed by atoms with E-state index in [4.69, 9.17) is 23.6 Å². The largest absolute Gasteiger partial charge is 0.396 e. The number of benzene rings is 1. The van der Waals surface area contributed by atoms with Crippen LogP contribution in [0.25, 0.3) is 0 Å². The van der Waals surface area contributed by atoms with Crippen molar-refractivity contribution >= 4 is 57.7 Å². The highest BCUT2D eigenvalue weighted by atomic mass is 127. The molecule has 15 heavy (non-hydrogen) atoms. The van der Waals surface area contributed by atoms with Crippen LogP contribution < -0.4 is 22.5 Å². The third-order valence-corrected chi connectivity index (χ3v) is 3.04. The van der Waals surface area contributed by atoms with Crippen LogP contribution in [0.15, 0.2) is 4.99 Å². The van der Waals surface area contributed by atoms with Gasteiger partial charge < -0.3 is 22.5 Å². The van der Waals surface area contributed by atoms with Gasteiger partial charge >= 0.3 is 0 Å². The predicted octanol–water partition coefficient (Wildman–Crippen LogP) is 1.37. The number of nitrogens with one attached hydrogen (secondary N) is 1. The van der Waals surface area contributed by atoms with Crippen LogP contribution in [-0.4, -0.2) is 6.72 Å². The first-order valence-electron chi connectivity index (χ1n) is 3.88. The molecule has 0 heterocycles. The summed E-state index contributed by atoms with van der Waals surface area (Å²) in [7, 11) is 0. The summed E-state index contributed by atoms with van der Waals surface area (Å²) in [5.41, 5.74) is 19.3. The first kappa shape index (κ1) is 11.5. The molecule has 0 bridgehead atoms. The predicted molar refractivity (Wildman–Crippen MR) is 74.1 cm³/mol. The Bertz CT molecular complexity index is 461. The molecule has 0 aliphatic carbocycles. The van der Waals surface area contributed by atoms with Gasteiger partial charge in [0, 0.05) is 6.04 Å². The SMILES string of the molecule is C#CNc1c(N)c(N)c(I)c(N)c1N=C. The zero-order chi connectivity index (χ0) is 11.6. The van der Waals surface area contributed by atoms with Gasteiger partial charge in [0.1, 0.15) is 5.69 Å². The Labute approximate surface area is 101 Å². The van der Waals surface area contributed by atoms with Gasteiger partial charge in [0.2, 0.25) is 0 Å². The van der Waals surface area contributed by atoms with E-state index in [1.165, 1.54) is 0 Å². The molecule has 0 aliphatic heterocycles. The van der Waals surface area contributed by atoms with E-state index in [1.54, 1.807) is 0 Å². The van der Waals surface area contributed by atoms with Gasteiger partial charge in [-0.15, -0.1) is 0 Å². The molecule has 0 saturated carbocycles. The molecule has 0 aliphatic rings.